The molecule has 0 radical (unpaired) electrons. The summed E-state index contributed by atoms with van der Waals surface area (Å²) in [7, 11) is 0. The van der Waals surface area contributed by atoms with Crippen LogP contribution in [-0.2, 0) is 0 Å². The van der Waals surface area contributed by atoms with E-state index >= 15 is 0 Å². The molecule has 0 aromatic heterocycles. The second-order valence-corrected chi connectivity index (χ2v) is 6.84. The second-order valence-electron chi connectivity index (χ2n) is 6.84. The highest BCUT2D eigenvalue weighted by Gasteiger charge is 2.27. The maximum absolute atomic E-state index is 13.3. The highest BCUT2D eigenvalue weighted by atomic mass is 19.2. The summed E-state index contributed by atoms with van der Waals surface area (Å²) in [6, 6.07) is 4.23. The Bertz CT molecular complexity index is 520. The van der Waals surface area contributed by atoms with E-state index in [9.17, 15) is 13.9 Å². The molecule has 1 N–H and O–H groups in total. The monoisotopic (exact) mass is 324 g/mol. The van der Waals surface area contributed by atoms with E-state index in [2.05, 4.69) is 9.80 Å². The number of hydrogen-bond donors (Lipinski definition) is 1. The van der Waals surface area contributed by atoms with E-state index in [1.165, 1.54) is 44.8 Å². The van der Waals surface area contributed by atoms with Crippen LogP contribution in [0, 0.1) is 11.6 Å². The van der Waals surface area contributed by atoms with Gasteiger partial charge in [0, 0.05) is 19.1 Å². The van der Waals surface area contributed by atoms with Crippen LogP contribution in [-0.4, -0.2) is 53.7 Å². The Morgan fingerprint density at radius 3 is 2.57 bits per heavy atom. The molecule has 3 rings (SSSR count). The fourth-order valence-corrected chi connectivity index (χ4v) is 3.85. The summed E-state index contributed by atoms with van der Waals surface area (Å²) in [5.41, 5.74) is 0.448. The van der Waals surface area contributed by atoms with Crippen molar-refractivity contribution >= 4 is 0 Å². The van der Waals surface area contributed by atoms with Crippen molar-refractivity contribution in [1.82, 2.24) is 9.80 Å². The van der Waals surface area contributed by atoms with Gasteiger partial charge < -0.3 is 5.11 Å². The Balaban J connectivity index is 1.57. The van der Waals surface area contributed by atoms with Gasteiger partial charge in [-0.15, -0.1) is 0 Å². The number of nitrogens with zero attached hydrogens (tertiary/aromatic N) is 2. The van der Waals surface area contributed by atoms with Crippen LogP contribution in [0.5, 0.6) is 0 Å². The zero-order valence-electron chi connectivity index (χ0n) is 13.6. The number of aliphatic hydroxyl groups excluding tert-OH is 1. The van der Waals surface area contributed by atoms with Crippen molar-refractivity contribution in [2.45, 2.75) is 44.2 Å². The van der Waals surface area contributed by atoms with Gasteiger partial charge in [-0.1, -0.05) is 12.5 Å². The summed E-state index contributed by atoms with van der Waals surface area (Å²) in [6.45, 7) is 4.77. The molecule has 0 saturated carbocycles. The van der Waals surface area contributed by atoms with E-state index in [1.54, 1.807) is 0 Å². The third-order valence-electron chi connectivity index (χ3n) is 5.15. The number of piperidine rings is 2. The fraction of sp³-hybridized carbons (Fsp3) is 0.667. The molecule has 0 aliphatic carbocycles. The van der Waals surface area contributed by atoms with Crippen molar-refractivity contribution < 1.29 is 13.9 Å². The van der Waals surface area contributed by atoms with Gasteiger partial charge in [-0.25, -0.2) is 8.78 Å². The molecule has 2 unspecified atom stereocenters. The molecule has 0 bridgehead atoms. The fourth-order valence-electron chi connectivity index (χ4n) is 3.85. The highest BCUT2D eigenvalue weighted by molar-refractivity contribution is 5.20. The van der Waals surface area contributed by atoms with Crippen molar-refractivity contribution in [3.8, 4) is 0 Å². The van der Waals surface area contributed by atoms with E-state index in [0.717, 1.165) is 31.6 Å². The van der Waals surface area contributed by atoms with Gasteiger partial charge in [0.25, 0.3) is 0 Å². The standard InChI is InChI=1S/C18H26F2N2O/c19-16-7-6-14(11-17(16)20)18(23)13-21-8-4-5-15(12-21)22-9-2-1-3-10-22/h6-7,11,15,18,23H,1-5,8-10,12-13H2. The molecule has 0 amide bonds. The molecule has 2 fully saturated rings. The third-order valence-corrected chi connectivity index (χ3v) is 5.15. The lowest BCUT2D eigenvalue weighted by Gasteiger charge is -2.41. The van der Waals surface area contributed by atoms with Crippen LogP contribution in [0.15, 0.2) is 18.2 Å². The molecule has 2 heterocycles. The summed E-state index contributed by atoms with van der Waals surface area (Å²) >= 11 is 0. The number of halogens is 2. The minimum Gasteiger partial charge on any atom is -0.387 e. The molecule has 2 aliphatic rings. The lowest BCUT2D eigenvalue weighted by molar-refractivity contribution is 0.0499. The first kappa shape index (κ1) is 16.8. The number of benzene rings is 1. The maximum atomic E-state index is 13.3. The smallest absolute Gasteiger partial charge is 0.159 e. The number of aliphatic hydroxyl groups is 1. The molecule has 3 nitrogen and oxygen atoms in total. The van der Waals surface area contributed by atoms with Crippen molar-refractivity contribution in [1.29, 1.82) is 0 Å². The third kappa shape index (κ3) is 4.28. The minimum atomic E-state index is -0.897. The minimum absolute atomic E-state index is 0.448. The normalized spacial score (nSPS) is 25.4. The molecular weight excluding hydrogens is 298 g/mol. The number of likely N-dealkylation sites (tertiary alicyclic amines) is 2. The van der Waals surface area contributed by atoms with Gasteiger partial charge in [0.2, 0.25) is 0 Å². The van der Waals surface area contributed by atoms with Gasteiger partial charge in [-0.3, -0.25) is 9.80 Å². The van der Waals surface area contributed by atoms with Crippen molar-refractivity contribution in [3.05, 3.63) is 35.4 Å². The Morgan fingerprint density at radius 1 is 1.04 bits per heavy atom. The van der Waals surface area contributed by atoms with Crippen LogP contribution in [0.2, 0.25) is 0 Å². The molecule has 128 valence electrons. The predicted octanol–water partition coefficient (Wildman–Crippen LogP) is 2.95. The molecule has 2 aliphatic heterocycles. The first-order valence-electron chi connectivity index (χ1n) is 8.73. The van der Waals surface area contributed by atoms with E-state index in [-0.39, 0.29) is 0 Å². The van der Waals surface area contributed by atoms with Gasteiger partial charge in [0.05, 0.1) is 6.10 Å². The molecule has 0 spiro atoms. The maximum Gasteiger partial charge on any atom is 0.159 e. The van der Waals surface area contributed by atoms with Gasteiger partial charge in [0.15, 0.2) is 11.6 Å². The SMILES string of the molecule is OC(CN1CCCC(N2CCCCC2)C1)c1ccc(F)c(F)c1. The summed E-state index contributed by atoms with van der Waals surface area (Å²) in [4.78, 5) is 4.84. The Morgan fingerprint density at radius 2 is 1.83 bits per heavy atom. The zero-order valence-corrected chi connectivity index (χ0v) is 13.6. The largest absolute Gasteiger partial charge is 0.387 e. The molecular formula is C18H26F2N2O. The van der Waals surface area contributed by atoms with Crippen molar-refractivity contribution in [2.75, 3.05) is 32.7 Å². The van der Waals surface area contributed by atoms with E-state index in [1.807, 2.05) is 0 Å². The predicted molar refractivity (Wildman–Crippen MR) is 86.2 cm³/mol. The number of hydrogen-bond acceptors (Lipinski definition) is 3. The molecule has 5 heteroatoms. The summed E-state index contributed by atoms with van der Waals surface area (Å²) in [5, 5.41) is 10.3. The van der Waals surface area contributed by atoms with Gasteiger partial charge in [-0.05, 0) is 63.0 Å². The van der Waals surface area contributed by atoms with Crippen LogP contribution in [0.3, 0.4) is 0 Å². The van der Waals surface area contributed by atoms with Crippen LogP contribution in [0.25, 0.3) is 0 Å². The van der Waals surface area contributed by atoms with E-state index < -0.39 is 17.7 Å². The van der Waals surface area contributed by atoms with Gasteiger partial charge >= 0.3 is 0 Å². The summed E-state index contributed by atoms with van der Waals surface area (Å²) < 4.78 is 26.3. The van der Waals surface area contributed by atoms with Crippen molar-refractivity contribution in [2.24, 2.45) is 0 Å². The van der Waals surface area contributed by atoms with Gasteiger partial charge in [0.1, 0.15) is 0 Å². The highest BCUT2D eigenvalue weighted by Crippen LogP contribution is 2.23. The average molecular weight is 324 g/mol. The number of rotatable bonds is 4. The topological polar surface area (TPSA) is 26.7 Å². The first-order chi connectivity index (χ1) is 11.1. The average Bonchev–Trinajstić information content (AvgIpc) is 2.58. The van der Waals surface area contributed by atoms with Crippen LogP contribution >= 0.6 is 0 Å². The van der Waals surface area contributed by atoms with Crippen LogP contribution in [0.1, 0.15) is 43.8 Å². The second kappa shape index (κ2) is 7.69. The Kier molecular flexibility index (Phi) is 5.62. The Hall–Kier alpha value is -1.04. The zero-order chi connectivity index (χ0) is 16.2. The molecule has 2 saturated heterocycles. The lowest BCUT2D eigenvalue weighted by atomic mass is 10.00. The summed E-state index contributed by atoms with van der Waals surface area (Å²) in [6.07, 6.45) is 5.48. The first-order valence-corrected chi connectivity index (χ1v) is 8.73. The summed E-state index contributed by atoms with van der Waals surface area (Å²) in [5.74, 6) is -1.77. The number of β-amino-alcohol motifs (C(OH)–C–C–N with tert-alkyl or cyclic N) is 1. The van der Waals surface area contributed by atoms with Crippen LogP contribution < -0.4 is 0 Å². The van der Waals surface area contributed by atoms with E-state index in [0.29, 0.717) is 18.2 Å². The van der Waals surface area contributed by atoms with Crippen LogP contribution in [0.4, 0.5) is 8.78 Å². The molecule has 1 aromatic rings. The van der Waals surface area contributed by atoms with E-state index in [4.69, 9.17) is 0 Å². The lowest BCUT2D eigenvalue weighted by Crippen LogP contribution is -2.50. The Labute approximate surface area is 136 Å². The molecule has 1 aromatic carbocycles. The molecule has 23 heavy (non-hydrogen) atoms. The quantitative estimate of drug-likeness (QED) is 0.922. The van der Waals surface area contributed by atoms with Gasteiger partial charge in [-0.2, -0.15) is 0 Å². The molecule has 2 atom stereocenters. The van der Waals surface area contributed by atoms with Crippen molar-refractivity contribution in [3.63, 3.8) is 0 Å².